The number of nitrogens with zero attached hydrogens (tertiary/aromatic N) is 1. The fourth-order valence-corrected chi connectivity index (χ4v) is 3.11. The van der Waals surface area contributed by atoms with Crippen LogP contribution in [0.15, 0.2) is 47.6 Å². The Morgan fingerprint density at radius 2 is 1.71 bits per heavy atom. The number of hydrogen-bond donors (Lipinski definition) is 2. The predicted molar refractivity (Wildman–Crippen MR) is 128 cm³/mol. The summed E-state index contributed by atoms with van der Waals surface area (Å²) >= 11 is 5.83. The Labute approximate surface area is 190 Å². The van der Waals surface area contributed by atoms with Gasteiger partial charge >= 0.3 is 6.03 Å². The van der Waals surface area contributed by atoms with E-state index in [1.54, 1.807) is 37.6 Å². The van der Waals surface area contributed by atoms with Gasteiger partial charge in [-0.3, -0.25) is 0 Å². The molecule has 31 heavy (non-hydrogen) atoms. The second-order valence-corrected chi connectivity index (χ2v) is 7.65. The van der Waals surface area contributed by atoms with Crippen LogP contribution in [0, 0.1) is 0 Å². The molecule has 2 N–H and O–H groups in total. The zero-order valence-electron chi connectivity index (χ0n) is 18.3. The summed E-state index contributed by atoms with van der Waals surface area (Å²) in [5.74, 6) is 1.34. The van der Waals surface area contributed by atoms with E-state index >= 15 is 0 Å². The molecule has 0 heterocycles. The molecule has 2 aromatic rings. The number of hydrazone groups is 1. The molecule has 7 heteroatoms. The smallest absolute Gasteiger partial charge is 0.339 e. The molecule has 0 unspecified atom stereocenters. The largest absolute Gasteiger partial charge is 0.493 e. The maximum Gasteiger partial charge on any atom is 0.339 e. The first-order valence-corrected chi connectivity index (χ1v) is 11.2. The highest BCUT2D eigenvalue weighted by molar-refractivity contribution is 6.30. The van der Waals surface area contributed by atoms with Gasteiger partial charge in [-0.25, -0.2) is 10.2 Å². The van der Waals surface area contributed by atoms with E-state index < -0.39 is 6.03 Å². The van der Waals surface area contributed by atoms with Gasteiger partial charge in [0.15, 0.2) is 11.5 Å². The lowest BCUT2D eigenvalue weighted by Crippen LogP contribution is -2.24. The van der Waals surface area contributed by atoms with E-state index in [4.69, 9.17) is 21.1 Å². The minimum Gasteiger partial charge on any atom is -0.493 e. The van der Waals surface area contributed by atoms with Crippen molar-refractivity contribution in [3.05, 3.63) is 53.1 Å². The van der Waals surface area contributed by atoms with Gasteiger partial charge in [0.1, 0.15) is 0 Å². The van der Waals surface area contributed by atoms with Gasteiger partial charge in [-0.05, 0) is 54.4 Å². The van der Waals surface area contributed by atoms with E-state index in [-0.39, 0.29) is 0 Å². The standard InChI is InChI=1S/C24H32ClN3O3/c1-3-4-5-6-7-8-9-16-31-22-15-10-19(17-23(22)30-2)18-26-28-24(29)27-21-13-11-20(25)12-14-21/h10-15,17-18H,3-9,16H2,1-2H3,(H2,27,28,29)/b26-18-. The van der Waals surface area contributed by atoms with Crippen molar-refractivity contribution >= 4 is 29.5 Å². The Hall–Kier alpha value is -2.73. The summed E-state index contributed by atoms with van der Waals surface area (Å²) in [5, 5.41) is 7.24. The number of carbonyl (C=O) groups excluding carboxylic acids is 1. The molecule has 0 aliphatic carbocycles. The average molecular weight is 446 g/mol. The first-order chi connectivity index (χ1) is 15.1. The lowest BCUT2D eigenvalue weighted by molar-refractivity contribution is 0.252. The van der Waals surface area contributed by atoms with Gasteiger partial charge in [0.05, 0.1) is 19.9 Å². The van der Waals surface area contributed by atoms with Crippen LogP contribution in [0.5, 0.6) is 11.5 Å². The fraction of sp³-hybridized carbons (Fsp3) is 0.417. The van der Waals surface area contributed by atoms with Gasteiger partial charge < -0.3 is 14.8 Å². The predicted octanol–water partition coefficient (Wildman–Crippen LogP) is 6.63. The first-order valence-electron chi connectivity index (χ1n) is 10.8. The summed E-state index contributed by atoms with van der Waals surface area (Å²) in [6, 6.07) is 11.9. The van der Waals surface area contributed by atoms with Crippen molar-refractivity contribution in [1.29, 1.82) is 0 Å². The molecule has 0 fully saturated rings. The minimum absolute atomic E-state index is 0.444. The number of urea groups is 1. The molecule has 0 saturated carbocycles. The van der Waals surface area contributed by atoms with Gasteiger partial charge in [0, 0.05) is 10.7 Å². The molecule has 0 aliphatic rings. The zero-order chi connectivity index (χ0) is 22.3. The third-order valence-electron chi connectivity index (χ3n) is 4.67. The lowest BCUT2D eigenvalue weighted by Gasteiger charge is -2.11. The average Bonchev–Trinajstić information content (AvgIpc) is 2.77. The van der Waals surface area contributed by atoms with Crippen molar-refractivity contribution in [2.45, 2.75) is 51.9 Å². The molecular weight excluding hydrogens is 414 g/mol. The van der Waals surface area contributed by atoms with Crippen LogP contribution in [-0.4, -0.2) is 26.0 Å². The van der Waals surface area contributed by atoms with E-state index in [1.165, 1.54) is 38.5 Å². The molecule has 2 amide bonds. The van der Waals surface area contributed by atoms with Crippen molar-refractivity contribution in [1.82, 2.24) is 5.43 Å². The van der Waals surface area contributed by atoms with Crippen molar-refractivity contribution in [3.8, 4) is 11.5 Å². The molecule has 168 valence electrons. The highest BCUT2D eigenvalue weighted by Gasteiger charge is 2.05. The maximum atomic E-state index is 11.9. The number of anilines is 1. The summed E-state index contributed by atoms with van der Waals surface area (Å²) in [4.78, 5) is 11.9. The van der Waals surface area contributed by atoms with Crippen LogP contribution in [0.4, 0.5) is 10.5 Å². The van der Waals surface area contributed by atoms with E-state index in [9.17, 15) is 4.79 Å². The van der Waals surface area contributed by atoms with Crippen LogP contribution in [0.1, 0.15) is 57.4 Å². The second kappa shape index (κ2) is 14.3. The van der Waals surface area contributed by atoms with E-state index in [0.29, 0.717) is 28.8 Å². The number of hydrogen-bond acceptors (Lipinski definition) is 4. The second-order valence-electron chi connectivity index (χ2n) is 7.21. The van der Waals surface area contributed by atoms with E-state index in [0.717, 1.165) is 12.0 Å². The number of carbonyl (C=O) groups is 1. The van der Waals surface area contributed by atoms with Gasteiger partial charge in [-0.1, -0.05) is 57.0 Å². The Kier molecular flexibility index (Phi) is 11.3. The van der Waals surface area contributed by atoms with Crippen LogP contribution in [-0.2, 0) is 0 Å². The molecule has 0 aliphatic heterocycles. The van der Waals surface area contributed by atoms with Crippen LogP contribution in [0.3, 0.4) is 0 Å². The molecule has 0 saturated heterocycles. The summed E-state index contributed by atoms with van der Waals surface area (Å²) in [7, 11) is 1.61. The third kappa shape index (κ3) is 9.75. The van der Waals surface area contributed by atoms with Gasteiger partial charge in [0.2, 0.25) is 0 Å². The Morgan fingerprint density at radius 1 is 1.00 bits per heavy atom. The van der Waals surface area contributed by atoms with E-state index in [1.807, 2.05) is 18.2 Å². The van der Waals surface area contributed by atoms with Crippen molar-refractivity contribution in [2.24, 2.45) is 5.10 Å². The number of rotatable bonds is 13. The van der Waals surface area contributed by atoms with Crippen LogP contribution >= 0.6 is 11.6 Å². The maximum absolute atomic E-state index is 11.9. The van der Waals surface area contributed by atoms with Crippen LogP contribution in [0.25, 0.3) is 0 Å². The quantitative estimate of drug-likeness (QED) is 0.206. The Bertz CT molecular complexity index is 825. The molecular formula is C24H32ClN3O3. The summed E-state index contributed by atoms with van der Waals surface area (Å²) in [6.07, 6.45) is 10.2. The number of amides is 2. The molecule has 6 nitrogen and oxygen atoms in total. The van der Waals surface area contributed by atoms with Crippen LogP contribution < -0.4 is 20.2 Å². The van der Waals surface area contributed by atoms with E-state index in [2.05, 4.69) is 22.8 Å². The lowest BCUT2D eigenvalue weighted by atomic mass is 10.1. The molecule has 0 aromatic heterocycles. The molecule has 2 rings (SSSR count). The molecule has 0 spiro atoms. The molecule has 0 atom stereocenters. The summed E-state index contributed by atoms with van der Waals surface area (Å²) in [6.45, 7) is 2.90. The summed E-state index contributed by atoms with van der Waals surface area (Å²) < 4.78 is 11.3. The third-order valence-corrected chi connectivity index (χ3v) is 4.93. The number of halogens is 1. The van der Waals surface area contributed by atoms with Gasteiger partial charge in [-0.15, -0.1) is 0 Å². The van der Waals surface area contributed by atoms with Crippen molar-refractivity contribution in [3.63, 3.8) is 0 Å². The minimum atomic E-state index is -0.444. The van der Waals surface area contributed by atoms with Gasteiger partial charge in [0.25, 0.3) is 0 Å². The Morgan fingerprint density at radius 3 is 2.42 bits per heavy atom. The normalized spacial score (nSPS) is 10.8. The number of ether oxygens (including phenoxy) is 2. The highest BCUT2D eigenvalue weighted by atomic mass is 35.5. The van der Waals surface area contributed by atoms with Gasteiger partial charge in [-0.2, -0.15) is 5.10 Å². The fourth-order valence-electron chi connectivity index (χ4n) is 2.98. The van der Waals surface area contributed by atoms with Crippen molar-refractivity contribution < 1.29 is 14.3 Å². The summed E-state index contributed by atoms with van der Waals surface area (Å²) in [5.41, 5.74) is 3.84. The molecule has 0 bridgehead atoms. The Balaban J connectivity index is 1.75. The zero-order valence-corrected chi connectivity index (χ0v) is 19.1. The monoisotopic (exact) mass is 445 g/mol. The SMILES string of the molecule is CCCCCCCCCOc1ccc(/C=N\NC(=O)Nc2ccc(Cl)cc2)cc1OC. The highest BCUT2D eigenvalue weighted by Crippen LogP contribution is 2.27. The first kappa shape index (κ1) is 24.5. The molecule has 0 radical (unpaired) electrons. The number of benzene rings is 2. The number of unbranched alkanes of at least 4 members (excludes halogenated alkanes) is 6. The van der Waals surface area contributed by atoms with Crippen LogP contribution in [0.2, 0.25) is 5.02 Å². The topological polar surface area (TPSA) is 72.0 Å². The number of methoxy groups -OCH3 is 1. The number of nitrogens with one attached hydrogen (secondary N) is 2. The molecule has 2 aromatic carbocycles. The van der Waals surface area contributed by atoms with Crippen molar-refractivity contribution in [2.75, 3.05) is 19.0 Å².